The molecule has 0 unspecified atom stereocenters. The molecule has 1 aliphatic heterocycles. The van der Waals surface area contributed by atoms with Gasteiger partial charge < -0.3 is 14.5 Å². The van der Waals surface area contributed by atoms with E-state index in [-0.39, 0.29) is 17.9 Å². The van der Waals surface area contributed by atoms with E-state index in [9.17, 15) is 18.0 Å². The third-order valence-corrected chi connectivity index (χ3v) is 6.82. The number of benzene rings is 1. The van der Waals surface area contributed by atoms with Gasteiger partial charge in [0.05, 0.1) is 29.7 Å². The molecule has 146 valence electrons. The van der Waals surface area contributed by atoms with E-state index < -0.39 is 33.9 Å². The first kappa shape index (κ1) is 19.4. The van der Waals surface area contributed by atoms with E-state index in [2.05, 4.69) is 5.32 Å². The van der Waals surface area contributed by atoms with Crippen LogP contribution in [0, 0.1) is 13.8 Å². The van der Waals surface area contributed by atoms with Gasteiger partial charge in [-0.15, -0.1) is 0 Å². The molecule has 1 fully saturated rings. The van der Waals surface area contributed by atoms with Crippen LogP contribution in [0.3, 0.4) is 0 Å². The average molecular weight is 393 g/mol. The van der Waals surface area contributed by atoms with Crippen LogP contribution in [-0.2, 0) is 30.6 Å². The molecule has 1 N–H and O–H groups in total. The molecule has 1 aliphatic rings. The number of fused-ring (bicyclic) bond motifs is 1. The minimum Gasteiger partial charge on any atom is -0.464 e. The van der Waals surface area contributed by atoms with Gasteiger partial charge in [0.1, 0.15) is 5.58 Å². The summed E-state index contributed by atoms with van der Waals surface area (Å²) in [5.41, 5.74) is 2.79. The second kappa shape index (κ2) is 6.99. The smallest absolute Gasteiger partial charge is 0.310 e. The lowest BCUT2D eigenvalue weighted by Crippen LogP contribution is -2.48. The van der Waals surface area contributed by atoms with E-state index in [1.54, 1.807) is 6.92 Å². The number of rotatable bonds is 5. The zero-order valence-corrected chi connectivity index (χ0v) is 16.4. The highest BCUT2D eigenvalue weighted by Crippen LogP contribution is 2.25. The number of aryl methyl sites for hydroxylation is 2. The monoisotopic (exact) mass is 393 g/mol. The minimum absolute atomic E-state index is 0.00553. The number of hydrogen-bond donors (Lipinski definition) is 1. The first-order chi connectivity index (χ1) is 12.6. The number of nitrogens with one attached hydrogen (secondary N) is 1. The Kier molecular flexibility index (Phi) is 5.03. The van der Waals surface area contributed by atoms with Crippen molar-refractivity contribution in [2.45, 2.75) is 39.2 Å². The fraction of sp³-hybridized carbons (Fsp3) is 0.474. The van der Waals surface area contributed by atoms with Crippen molar-refractivity contribution in [2.24, 2.45) is 0 Å². The molecule has 3 rings (SSSR count). The molecule has 0 radical (unpaired) electrons. The van der Waals surface area contributed by atoms with Crippen LogP contribution in [0.5, 0.6) is 0 Å². The molecule has 0 aliphatic carbocycles. The van der Waals surface area contributed by atoms with E-state index >= 15 is 0 Å². The van der Waals surface area contributed by atoms with Gasteiger partial charge in [0.25, 0.3) is 5.91 Å². The lowest BCUT2D eigenvalue weighted by atomic mass is 10.0. The maximum Gasteiger partial charge on any atom is 0.310 e. The summed E-state index contributed by atoms with van der Waals surface area (Å²) in [5, 5.41) is 3.50. The predicted molar refractivity (Wildman–Crippen MR) is 100 cm³/mol. The standard InChI is InChI=1S/C19H23NO6S/c1-12-6-15-14(9-25-16(15)7-13(12)2)8-18(22)26-10-17(21)20-19(3)4-5-27(23,24)11-19/h6-7,9H,4-5,8,10-11H2,1-3H3,(H,20,21)/t19-/m0/s1. The second-order valence-corrected chi connectivity index (χ2v) is 9.67. The molecular weight excluding hydrogens is 370 g/mol. The van der Waals surface area contributed by atoms with Crippen molar-refractivity contribution in [3.05, 3.63) is 35.1 Å². The van der Waals surface area contributed by atoms with Gasteiger partial charge in [-0.2, -0.15) is 0 Å². The zero-order chi connectivity index (χ0) is 19.8. The van der Waals surface area contributed by atoms with Crippen LogP contribution < -0.4 is 5.32 Å². The zero-order valence-electron chi connectivity index (χ0n) is 15.6. The lowest BCUT2D eigenvalue weighted by molar-refractivity contribution is -0.148. The third kappa shape index (κ3) is 4.50. The van der Waals surface area contributed by atoms with Crippen LogP contribution in [0.4, 0.5) is 0 Å². The van der Waals surface area contributed by atoms with Crippen LogP contribution in [0.2, 0.25) is 0 Å². The van der Waals surface area contributed by atoms with Crippen LogP contribution >= 0.6 is 0 Å². The highest BCUT2D eigenvalue weighted by atomic mass is 32.2. The Labute approximate surface area is 158 Å². The quantitative estimate of drug-likeness (QED) is 0.778. The van der Waals surface area contributed by atoms with Crippen LogP contribution in [-0.4, -0.2) is 43.9 Å². The normalized spacial score (nSPS) is 21.3. The average Bonchev–Trinajstić information content (AvgIpc) is 3.06. The van der Waals surface area contributed by atoms with E-state index in [4.69, 9.17) is 9.15 Å². The summed E-state index contributed by atoms with van der Waals surface area (Å²) < 4.78 is 33.7. The van der Waals surface area contributed by atoms with Gasteiger partial charge in [0.2, 0.25) is 0 Å². The molecule has 2 aromatic rings. The molecule has 7 nitrogen and oxygen atoms in total. The fourth-order valence-electron chi connectivity index (χ4n) is 3.31. The van der Waals surface area contributed by atoms with Crippen molar-refractivity contribution >= 4 is 32.7 Å². The second-order valence-electron chi connectivity index (χ2n) is 7.48. The highest BCUT2D eigenvalue weighted by molar-refractivity contribution is 7.91. The van der Waals surface area contributed by atoms with Gasteiger partial charge >= 0.3 is 5.97 Å². The Morgan fingerprint density at radius 3 is 2.63 bits per heavy atom. The number of sulfone groups is 1. The number of carbonyl (C=O) groups excluding carboxylic acids is 2. The van der Waals surface area contributed by atoms with Gasteiger partial charge in [0, 0.05) is 10.9 Å². The molecule has 27 heavy (non-hydrogen) atoms. The third-order valence-electron chi connectivity index (χ3n) is 4.91. The molecule has 1 aromatic carbocycles. The molecule has 2 heterocycles. The maximum atomic E-state index is 12.1. The van der Waals surface area contributed by atoms with E-state index in [0.717, 1.165) is 16.5 Å². The molecule has 0 saturated carbocycles. The van der Waals surface area contributed by atoms with Gasteiger partial charge in [0.15, 0.2) is 16.4 Å². The van der Waals surface area contributed by atoms with Crippen molar-refractivity contribution in [1.29, 1.82) is 0 Å². The molecule has 0 bridgehead atoms. The predicted octanol–water partition coefficient (Wildman–Crippen LogP) is 1.83. The van der Waals surface area contributed by atoms with Crippen molar-refractivity contribution in [3.63, 3.8) is 0 Å². The number of hydrogen-bond acceptors (Lipinski definition) is 6. The summed E-state index contributed by atoms with van der Waals surface area (Å²) in [6, 6.07) is 3.88. The van der Waals surface area contributed by atoms with Gasteiger partial charge in [-0.1, -0.05) is 0 Å². The van der Waals surface area contributed by atoms with E-state index in [1.165, 1.54) is 6.26 Å². The Hall–Kier alpha value is -2.35. The summed E-state index contributed by atoms with van der Waals surface area (Å²) in [5.74, 6) is -1.10. The summed E-state index contributed by atoms with van der Waals surface area (Å²) >= 11 is 0. The number of furan rings is 1. The van der Waals surface area contributed by atoms with Crippen LogP contribution in [0.15, 0.2) is 22.8 Å². The summed E-state index contributed by atoms with van der Waals surface area (Å²) in [6.07, 6.45) is 1.87. The van der Waals surface area contributed by atoms with Gasteiger partial charge in [-0.3, -0.25) is 9.59 Å². The Bertz CT molecular complexity index is 1010. The molecule has 8 heteroatoms. The Morgan fingerprint density at radius 2 is 1.96 bits per heavy atom. The summed E-state index contributed by atoms with van der Waals surface area (Å²) in [7, 11) is -3.13. The molecule has 1 aromatic heterocycles. The number of carbonyl (C=O) groups is 2. The SMILES string of the molecule is Cc1cc2occ(CC(=O)OCC(=O)N[C@@]3(C)CCS(=O)(=O)C3)c2cc1C. The van der Waals surface area contributed by atoms with Gasteiger partial charge in [-0.25, -0.2) is 8.42 Å². The van der Waals surface area contributed by atoms with Crippen molar-refractivity contribution < 1.29 is 27.2 Å². The minimum atomic E-state index is -3.13. The molecule has 0 spiro atoms. The van der Waals surface area contributed by atoms with Crippen LogP contribution in [0.1, 0.15) is 30.0 Å². The Morgan fingerprint density at radius 1 is 1.26 bits per heavy atom. The van der Waals surface area contributed by atoms with E-state index in [1.807, 2.05) is 26.0 Å². The number of esters is 1. The van der Waals surface area contributed by atoms with Crippen molar-refractivity contribution in [2.75, 3.05) is 18.1 Å². The topological polar surface area (TPSA) is 103 Å². The first-order valence-electron chi connectivity index (χ1n) is 8.71. The van der Waals surface area contributed by atoms with Gasteiger partial charge in [-0.05, 0) is 50.5 Å². The molecule has 1 amide bonds. The molecule has 1 saturated heterocycles. The Balaban J connectivity index is 1.56. The lowest BCUT2D eigenvalue weighted by Gasteiger charge is -2.23. The highest BCUT2D eigenvalue weighted by Gasteiger charge is 2.39. The molecular formula is C19H23NO6S. The summed E-state index contributed by atoms with van der Waals surface area (Å²) in [6.45, 7) is 5.21. The van der Waals surface area contributed by atoms with E-state index in [0.29, 0.717) is 17.6 Å². The van der Waals surface area contributed by atoms with Crippen molar-refractivity contribution in [3.8, 4) is 0 Å². The summed E-state index contributed by atoms with van der Waals surface area (Å²) in [4.78, 5) is 24.1. The largest absolute Gasteiger partial charge is 0.464 e. The maximum absolute atomic E-state index is 12.1. The first-order valence-corrected chi connectivity index (χ1v) is 10.5. The molecule has 1 atom stereocenters. The number of ether oxygens (including phenoxy) is 1. The van der Waals surface area contributed by atoms with Crippen molar-refractivity contribution in [1.82, 2.24) is 5.32 Å². The number of amides is 1. The fourth-order valence-corrected chi connectivity index (χ4v) is 5.40. The van der Waals surface area contributed by atoms with Crippen LogP contribution in [0.25, 0.3) is 11.0 Å².